The van der Waals surface area contributed by atoms with Crippen LogP contribution >= 0.6 is 0 Å². The first-order valence-electron chi connectivity index (χ1n) is 7.93. The number of hydrogen-bond donors (Lipinski definition) is 1. The Morgan fingerprint density at radius 2 is 1.90 bits per heavy atom. The average Bonchev–Trinajstić information content (AvgIpc) is 2.75. The fraction of sp³-hybridized carbons (Fsp3) is 0.500. The molecule has 0 amide bonds. The molecule has 1 aromatic heterocycles. The minimum Gasteiger partial charge on any atom is -0.313 e. The molecule has 0 fully saturated rings. The maximum absolute atomic E-state index is 4.67. The molecule has 0 aliphatic heterocycles. The summed E-state index contributed by atoms with van der Waals surface area (Å²) in [5.74, 6) is 0. The van der Waals surface area contributed by atoms with Crippen LogP contribution in [0.1, 0.15) is 42.8 Å². The van der Waals surface area contributed by atoms with E-state index < -0.39 is 0 Å². The first kappa shape index (κ1) is 15.8. The zero-order valence-electron chi connectivity index (χ0n) is 14.0. The van der Waals surface area contributed by atoms with Gasteiger partial charge >= 0.3 is 0 Å². The lowest BCUT2D eigenvalue weighted by atomic mass is 9.96. The number of nitrogens with zero attached hydrogens (tertiary/aromatic N) is 2. The number of nitrogens with one attached hydrogen (secondary N) is 1. The molecule has 0 bridgehead atoms. The lowest BCUT2D eigenvalue weighted by Gasteiger charge is -2.12. The molecular formula is C18H27N3. The monoisotopic (exact) mass is 285 g/mol. The Morgan fingerprint density at radius 1 is 1.14 bits per heavy atom. The van der Waals surface area contributed by atoms with E-state index in [1.165, 1.54) is 27.9 Å². The average molecular weight is 285 g/mol. The van der Waals surface area contributed by atoms with E-state index in [-0.39, 0.29) is 0 Å². The van der Waals surface area contributed by atoms with E-state index in [9.17, 15) is 0 Å². The van der Waals surface area contributed by atoms with Gasteiger partial charge in [-0.2, -0.15) is 5.10 Å². The van der Waals surface area contributed by atoms with Crippen molar-refractivity contribution < 1.29 is 0 Å². The smallest absolute Gasteiger partial charge is 0.0675 e. The van der Waals surface area contributed by atoms with Gasteiger partial charge in [-0.15, -0.1) is 0 Å². The normalized spacial score (nSPS) is 11.1. The summed E-state index contributed by atoms with van der Waals surface area (Å²) in [5.41, 5.74) is 7.67. The summed E-state index contributed by atoms with van der Waals surface area (Å²) in [7, 11) is 0. The molecule has 1 heterocycles. The Labute approximate surface area is 128 Å². The third-order valence-corrected chi connectivity index (χ3v) is 3.96. The molecule has 0 aliphatic rings. The molecule has 0 saturated heterocycles. The van der Waals surface area contributed by atoms with Crippen molar-refractivity contribution in [2.24, 2.45) is 0 Å². The second-order valence-electron chi connectivity index (χ2n) is 5.70. The van der Waals surface area contributed by atoms with Crippen LogP contribution in [0.2, 0.25) is 0 Å². The van der Waals surface area contributed by atoms with Crippen molar-refractivity contribution in [1.82, 2.24) is 15.1 Å². The largest absolute Gasteiger partial charge is 0.313 e. The summed E-state index contributed by atoms with van der Waals surface area (Å²) in [5, 5.41) is 8.18. The number of rotatable bonds is 6. The van der Waals surface area contributed by atoms with Crippen molar-refractivity contribution in [3.05, 3.63) is 40.7 Å². The predicted molar refractivity (Wildman–Crippen MR) is 89.5 cm³/mol. The first-order valence-corrected chi connectivity index (χ1v) is 7.93. The van der Waals surface area contributed by atoms with Gasteiger partial charge in [0, 0.05) is 24.3 Å². The van der Waals surface area contributed by atoms with Crippen LogP contribution in [0.4, 0.5) is 0 Å². The van der Waals surface area contributed by atoms with E-state index in [0.717, 1.165) is 31.7 Å². The number of benzene rings is 1. The van der Waals surface area contributed by atoms with Crippen LogP contribution in [-0.2, 0) is 13.1 Å². The van der Waals surface area contributed by atoms with E-state index in [1.807, 2.05) is 0 Å². The highest BCUT2D eigenvalue weighted by molar-refractivity contribution is 5.72. The van der Waals surface area contributed by atoms with Crippen molar-refractivity contribution in [3.8, 4) is 11.1 Å². The van der Waals surface area contributed by atoms with Crippen molar-refractivity contribution in [3.63, 3.8) is 0 Å². The van der Waals surface area contributed by atoms with E-state index >= 15 is 0 Å². The maximum Gasteiger partial charge on any atom is 0.0675 e. The molecule has 2 rings (SSSR count). The molecule has 0 saturated carbocycles. The molecule has 1 N–H and O–H groups in total. The molecule has 3 heteroatoms. The zero-order chi connectivity index (χ0) is 15.4. The van der Waals surface area contributed by atoms with Gasteiger partial charge in [0.2, 0.25) is 0 Å². The molecule has 0 unspecified atom stereocenters. The SMILES string of the molecule is CCCNCc1ccc(C)cc1-c1c(C)nn(CC)c1C. The molecule has 1 aromatic carbocycles. The standard InChI is InChI=1S/C18H27N3/c1-6-10-19-12-16-9-8-13(3)11-17(16)18-14(4)20-21(7-2)15(18)5/h8-9,11,19H,6-7,10,12H2,1-5H3. The number of aromatic nitrogens is 2. The van der Waals surface area contributed by atoms with Gasteiger partial charge in [-0.3, -0.25) is 4.68 Å². The van der Waals surface area contributed by atoms with Crippen molar-refractivity contribution in [1.29, 1.82) is 0 Å². The van der Waals surface area contributed by atoms with Crippen LogP contribution in [0.25, 0.3) is 11.1 Å². The molecule has 3 nitrogen and oxygen atoms in total. The van der Waals surface area contributed by atoms with Gasteiger partial charge in [0.25, 0.3) is 0 Å². The van der Waals surface area contributed by atoms with Gasteiger partial charge in [0.05, 0.1) is 5.69 Å². The molecule has 0 radical (unpaired) electrons. The maximum atomic E-state index is 4.67. The highest BCUT2D eigenvalue weighted by atomic mass is 15.3. The van der Waals surface area contributed by atoms with E-state index in [2.05, 4.69) is 67.9 Å². The van der Waals surface area contributed by atoms with Crippen molar-refractivity contribution in [2.75, 3.05) is 6.54 Å². The van der Waals surface area contributed by atoms with Crippen molar-refractivity contribution in [2.45, 2.75) is 54.1 Å². The lowest BCUT2D eigenvalue weighted by Crippen LogP contribution is -2.14. The third-order valence-electron chi connectivity index (χ3n) is 3.96. The molecule has 2 aromatic rings. The number of aryl methyl sites for hydroxylation is 3. The summed E-state index contributed by atoms with van der Waals surface area (Å²) in [4.78, 5) is 0. The van der Waals surface area contributed by atoms with E-state index in [4.69, 9.17) is 0 Å². The molecular weight excluding hydrogens is 258 g/mol. The summed E-state index contributed by atoms with van der Waals surface area (Å²) >= 11 is 0. The summed E-state index contributed by atoms with van der Waals surface area (Å²) in [6.45, 7) is 13.7. The van der Waals surface area contributed by atoms with Gasteiger partial charge < -0.3 is 5.32 Å². The van der Waals surface area contributed by atoms with Gasteiger partial charge in [-0.25, -0.2) is 0 Å². The van der Waals surface area contributed by atoms with Gasteiger partial charge in [0.15, 0.2) is 0 Å². The minimum absolute atomic E-state index is 0.916. The Kier molecular flexibility index (Phi) is 5.18. The van der Waals surface area contributed by atoms with Crippen molar-refractivity contribution >= 4 is 0 Å². The van der Waals surface area contributed by atoms with Gasteiger partial charge in [0.1, 0.15) is 0 Å². The molecule has 0 aliphatic carbocycles. The van der Waals surface area contributed by atoms with E-state index in [0.29, 0.717) is 0 Å². The number of hydrogen-bond acceptors (Lipinski definition) is 2. The van der Waals surface area contributed by atoms with E-state index in [1.54, 1.807) is 0 Å². The van der Waals surface area contributed by atoms with Crippen LogP contribution in [0.15, 0.2) is 18.2 Å². The molecule has 21 heavy (non-hydrogen) atoms. The zero-order valence-corrected chi connectivity index (χ0v) is 14.0. The first-order chi connectivity index (χ1) is 10.1. The second kappa shape index (κ2) is 6.90. The summed E-state index contributed by atoms with van der Waals surface area (Å²) in [6, 6.07) is 6.73. The second-order valence-corrected chi connectivity index (χ2v) is 5.70. The topological polar surface area (TPSA) is 29.9 Å². The molecule has 114 valence electrons. The summed E-state index contributed by atoms with van der Waals surface area (Å²) < 4.78 is 2.09. The summed E-state index contributed by atoms with van der Waals surface area (Å²) in [6.07, 6.45) is 1.16. The lowest BCUT2D eigenvalue weighted by molar-refractivity contribution is 0.634. The van der Waals surface area contributed by atoms with Gasteiger partial charge in [-0.05, 0) is 51.8 Å². The van der Waals surface area contributed by atoms with Gasteiger partial charge in [-0.1, -0.05) is 30.7 Å². The van der Waals surface area contributed by atoms with Crippen LogP contribution in [-0.4, -0.2) is 16.3 Å². The Balaban J connectivity index is 2.47. The van der Waals surface area contributed by atoms with Crippen LogP contribution in [0, 0.1) is 20.8 Å². The predicted octanol–water partition coefficient (Wildman–Crippen LogP) is 3.99. The third kappa shape index (κ3) is 3.35. The molecule has 0 atom stereocenters. The quantitative estimate of drug-likeness (QED) is 0.813. The fourth-order valence-electron chi connectivity index (χ4n) is 2.87. The van der Waals surface area contributed by atoms with Crippen LogP contribution in [0.3, 0.4) is 0 Å². The molecule has 0 spiro atoms. The highest BCUT2D eigenvalue weighted by Gasteiger charge is 2.15. The Morgan fingerprint density at radius 3 is 2.52 bits per heavy atom. The Hall–Kier alpha value is -1.61. The van der Waals surface area contributed by atoms with Crippen LogP contribution < -0.4 is 5.32 Å². The fourth-order valence-corrected chi connectivity index (χ4v) is 2.87. The van der Waals surface area contributed by atoms with Crippen LogP contribution in [0.5, 0.6) is 0 Å². The minimum atomic E-state index is 0.916. The highest BCUT2D eigenvalue weighted by Crippen LogP contribution is 2.31. The Bertz CT molecular complexity index is 611.